The summed E-state index contributed by atoms with van der Waals surface area (Å²) in [6.45, 7) is 4.23. The van der Waals surface area contributed by atoms with Crippen molar-refractivity contribution in [2.45, 2.75) is 51.9 Å². The van der Waals surface area contributed by atoms with E-state index in [1.807, 2.05) is 23.1 Å². The molecule has 0 unspecified atom stereocenters. The van der Waals surface area contributed by atoms with Crippen LogP contribution in [0.1, 0.15) is 72.6 Å². The summed E-state index contributed by atoms with van der Waals surface area (Å²) >= 11 is 5.39. The van der Waals surface area contributed by atoms with Crippen LogP contribution in [-0.4, -0.2) is 41.5 Å². The molecule has 1 fully saturated rings. The van der Waals surface area contributed by atoms with Gasteiger partial charge < -0.3 is 15.0 Å². The Kier molecular flexibility index (Phi) is 9.69. The van der Waals surface area contributed by atoms with Gasteiger partial charge in [0.05, 0.1) is 23.4 Å². The fourth-order valence-corrected chi connectivity index (χ4v) is 4.06. The van der Waals surface area contributed by atoms with Gasteiger partial charge in [0.1, 0.15) is 5.75 Å². The van der Waals surface area contributed by atoms with Crippen molar-refractivity contribution in [3.8, 4) is 5.75 Å². The molecular formula is C26H33N3O3S. The van der Waals surface area contributed by atoms with Gasteiger partial charge in [-0.05, 0) is 55.7 Å². The summed E-state index contributed by atoms with van der Waals surface area (Å²) in [5.41, 5.74) is 1.56. The van der Waals surface area contributed by atoms with E-state index in [0.717, 1.165) is 58.0 Å². The summed E-state index contributed by atoms with van der Waals surface area (Å²) in [4.78, 5) is 27.9. The van der Waals surface area contributed by atoms with Gasteiger partial charge in [0, 0.05) is 13.1 Å². The molecule has 2 aromatic rings. The van der Waals surface area contributed by atoms with Crippen LogP contribution in [0.5, 0.6) is 5.75 Å². The molecule has 0 saturated carbocycles. The van der Waals surface area contributed by atoms with Gasteiger partial charge in [-0.1, -0.05) is 56.9 Å². The standard InChI is InChI=1S/C26H33N3O3S/c1-2-3-12-19-32-23-16-9-7-14-21(23)24(30)28-26(33)27-22-15-8-6-13-20(22)25(31)29-17-10-4-5-11-18-29/h6-9,13-16H,2-5,10-12,17-19H2,1H3,(H2,27,28,30,33). The molecule has 0 atom stereocenters. The molecule has 0 radical (unpaired) electrons. The van der Waals surface area contributed by atoms with Gasteiger partial charge in [0.15, 0.2) is 5.11 Å². The lowest BCUT2D eigenvalue weighted by atomic mass is 10.1. The van der Waals surface area contributed by atoms with E-state index in [4.69, 9.17) is 17.0 Å². The summed E-state index contributed by atoms with van der Waals surface area (Å²) in [6.07, 6.45) is 7.48. The fraction of sp³-hybridized carbons (Fsp3) is 0.423. The Morgan fingerprint density at radius 1 is 0.939 bits per heavy atom. The van der Waals surface area contributed by atoms with Gasteiger partial charge in [-0.2, -0.15) is 0 Å². The van der Waals surface area contributed by atoms with Gasteiger partial charge in [-0.25, -0.2) is 0 Å². The van der Waals surface area contributed by atoms with Crippen LogP contribution in [0.15, 0.2) is 48.5 Å². The summed E-state index contributed by atoms with van der Waals surface area (Å²) in [5.74, 6) is 0.167. The predicted molar refractivity (Wildman–Crippen MR) is 136 cm³/mol. The van der Waals surface area contributed by atoms with E-state index in [2.05, 4.69) is 17.6 Å². The Morgan fingerprint density at radius 2 is 1.61 bits per heavy atom. The van der Waals surface area contributed by atoms with Crippen molar-refractivity contribution in [1.82, 2.24) is 10.2 Å². The topological polar surface area (TPSA) is 70.7 Å². The molecule has 1 aliphatic heterocycles. The molecule has 3 rings (SSSR count). The number of nitrogens with zero attached hydrogens (tertiary/aromatic N) is 1. The molecular weight excluding hydrogens is 434 g/mol. The van der Waals surface area contributed by atoms with Crippen molar-refractivity contribution in [2.75, 3.05) is 25.0 Å². The number of rotatable bonds is 8. The Hall–Kier alpha value is -2.93. The monoisotopic (exact) mass is 467 g/mol. The second-order valence-electron chi connectivity index (χ2n) is 8.21. The number of ether oxygens (including phenoxy) is 1. The molecule has 2 aromatic carbocycles. The zero-order valence-corrected chi connectivity index (χ0v) is 20.1. The molecule has 33 heavy (non-hydrogen) atoms. The van der Waals surface area contributed by atoms with E-state index >= 15 is 0 Å². The lowest BCUT2D eigenvalue weighted by Crippen LogP contribution is -2.36. The molecule has 2 amide bonds. The number of thiocarbonyl (C=S) groups is 1. The number of carbonyl (C=O) groups excluding carboxylic acids is 2. The maximum atomic E-state index is 13.1. The zero-order chi connectivity index (χ0) is 23.5. The molecule has 6 nitrogen and oxygen atoms in total. The summed E-state index contributed by atoms with van der Waals surface area (Å²) in [7, 11) is 0. The van der Waals surface area contributed by atoms with Gasteiger partial charge in [0.25, 0.3) is 11.8 Å². The van der Waals surface area contributed by atoms with Crippen molar-refractivity contribution < 1.29 is 14.3 Å². The number of amides is 2. The molecule has 1 saturated heterocycles. The van der Waals surface area contributed by atoms with Crippen molar-refractivity contribution in [3.05, 3.63) is 59.7 Å². The summed E-state index contributed by atoms with van der Waals surface area (Å²) in [6, 6.07) is 14.4. The first kappa shape index (κ1) is 24.7. The lowest BCUT2D eigenvalue weighted by Gasteiger charge is -2.22. The highest BCUT2D eigenvalue weighted by Crippen LogP contribution is 2.21. The van der Waals surface area contributed by atoms with Crippen molar-refractivity contribution in [2.24, 2.45) is 0 Å². The molecule has 0 bridgehead atoms. The quantitative estimate of drug-likeness (QED) is 0.402. The predicted octanol–water partition coefficient (Wildman–Crippen LogP) is 5.40. The van der Waals surface area contributed by atoms with E-state index in [0.29, 0.717) is 29.2 Å². The second-order valence-corrected chi connectivity index (χ2v) is 8.62. The van der Waals surface area contributed by atoms with E-state index in [1.165, 1.54) is 0 Å². The minimum atomic E-state index is -0.352. The third kappa shape index (κ3) is 7.29. The van der Waals surface area contributed by atoms with Crippen LogP contribution in [0.2, 0.25) is 0 Å². The second kappa shape index (κ2) is 12.9. The largest absolute Gasteiger partial charge is 0.493 e. The van der Waals surface area contributed by atoms with Gasteiger partial charge in [-0.15, -0.1) is 0 Å². The van der Waals surface area contributed by atoms with Crippen LogP contribution >= 0.6 is 12.2 Å². The summed E-state index contributed by atoms with van der Waals surface area (Å²) in [5, 5.41) is 5.89. The van der Waals surface area contributed by atoms with Crippen LogP contribution in [0, 0.1) is 0 Å². The Morgan fingerprint density at radius 3 is 2.33 bits per heavy atom. The van der Waals surface area contributed by atoms with E-state index in [9.17, 15) is 9.59 Å². The third-order valence-corrected chi connectivity index (χ3v) is 5.87. The number of benzene rings is 2. The van der Waals surface area contributed by atoms with Gasteiger partial charge in [0.2, 0.25) is 0 Å². The van der Waals surface area contributed by atoms with Crippen LogP contribution < -0.4 is 15.4 Å². The minimum Gasteiger partial charge on any atom is -0.493 e. The van der Waals surface area contributed by atoms with Crippen LogP contribution in [-0.2, 0) is 0 Å². The first-order valence-electron chi connectivity index (χ1n) is 11.8. The van der Waals surface area contributed by atoms with Crippen molar-refractivity contribution >= 4 is 34.8 Å². The molecule has 1 heterocycles. The maximum Gasteiger partial charge on any atom is 0.261 e. The zero-order valence-electron chi connectivity index (χ0n) is 19.3. The highest BCUT2D eigenvalue weighted by Gasteiger charge is 2.21. The first-order valence-corrected chi connectivity index (χ1v) is 12.2. The van der Waals surface area contributed by atoms with Crippen LogP contribution in [0.3, 0.4) is 0 Å². The Labute approximate surface area is 201 Å². The number of hydrogen-bond donors (Lipinski definition) is 2. The molecule has 2 N–H and O–H groups in total. The first-order chi connectivity index (χ1) is 16.1. The molecule has 0 aliphatic carbocycles. The minimum absolute atomic E-state index is 0.0139. The highest BCUT2D eigenvalue weighted by atomic mass is 32.1. The number of hydrogen-bond acceptors (Lipinski definition) is 4. The fourth-order valence-electron chi connectivity index (χ4n) is 3.86. The molecule has 0 aromatic heterocycles. The molecule has 0 spiro atoms. The van der Waals surface area contributed by atoms with Gasteiger partial charge in [-0.3, -0.25) is 14.9 Å². The van der Waals surface area contributed by atoms with Crippen molar-refractivity contribution in [3.63, 3.8) is 0 Å². The third-order valence-electron chi connectivity index (χ3n) is 5.66. The van der Waals surface area contributed by atoms with Crippen LogP contribution in [0.4, 0.5) is 5.69 Å². The normalized spacial score (nSPS) is 13.7. The lowest BCUT2D eigenvalue weighted by molar-refractivity contribution is 0.0762. The van der Waals surface area contributed by atoms with Crippen molar-refractivity contribution in [1.29, 1.82) is 0 Å². The number of nitrogens with one attached hydrogen (secondary N) is 2. The average Bonchev–Trinajstić information content (AvgIpc) is 3.11. The Bertz CT molecular complexity index is 955. The van der Waals surface area contributed by atoms with E-state index < -0.39 is 0 Å². The Balaban J connectivity index is 1.65. The number of para-hydroxylation sites is 2. The SMILES string of the molecule is CCCCCOc1ccccc1C(=O)NC(=S)Nc1ccccc1C(=O)N1CCCCCC1. The van der Waals surface area contributed by atoms with Gasteiger partial charge >= 0.3 is 0 Å². The number of unbranched alkanes of at least 4 members (excludes halogenated alkanes) is 2. The number of anilines is 1. The molecule has 1 aliphatic rings. The molecule has 176 valence electrons. The summed E-state index contributed by atoms with van der Waals surface area (Å²) < 4.78 is 5.81. The molecule has 7 heteroatoms. The van der Waals surface area contributed by atoms with E-state index in [-0.39, 0.29) is 16.9 Å². The number of likely N-dealkylation sites (tertiary alicyclic amines) is 1. The number of carbonyl (C=O) groups is 2. The smallest absolute Gasteiger partial charge is 0.261 e. The van der Waals surface area contributed by atoms with E-state index in [1.54, 1.807) is 30.3 Å². The van der Waals surface area contributed by atoms with Crippen LogP contribution in [0.25, 0.3) is 0 Å². The highest BCUT2D eigenvalue weighted by molar-refractivity contribution is 7.80. The average molecular weight is 468 g/mol. The maximum absolute atomic E-state index is 13.1.